The van der Waals surface area contributed by atoms with Crippen LogP contribution in [0.4, 0.5) is 0 Å². The molecule has 0 aliphatic rings. The van der Waals surface area contributed by atoms with E-state index in [9.17, 15) is 10.1 Å². The lowest BCUT2D eigenvalue weighted by Crippen LogP contribution is -2.25. The normalized spacial score (nSPS) is 12.4. The lowest BCUT2D eigenvalue weighted by atomic mass is 10.4. The van der Waals surface area contributed by atoms with Crippen LogP contribution in [0.5, 0.6) is 0 Å². The van der Waals surface area contributed by atoms with Gasteiger partial charge >= 0.3 is 0 Å². The Morgan fingerprint density at radius 1 is 1.48 bits per heavy atom. The quantitative estimate of drug-likeness (QED) is 0.406. The van der Waals surface area contributed by atoms with Crippen LogP contribution in [0.25, 0.3) is 0 Å². The van der Waals surface area contributed by atoms with Gasteiger partial charge in [0.25, 0.3) is 5.70 Å². The first kappa shape index (κ1) is 17.4. The van der Waals surface area contributed by atoms with Gasteiger partial charge in [-0.15, -0.1) is 0 Å². The number of nitro groups is 1. The van der Waals surface area contributed by atoms with E-state index in [4.69, 9.17) is 10.2 Å². The molecule has 7 nitrogen and oxygen atoms in total. The monoisotopic (exact) mass is 314 g/mol. The van der Waals surface area contributed by atoms with Crippen molar-refractivity contribution < 1.29 is 9.34 Å². The van der Waals surface area contributed by atoms with Crippen LogP contribution in [0.2, 0.25) is 0 Å². The molecule has 1 heterocycles. The molecule has 0 aliphatic carbocycles. The van der Waals surface area contributed by atoms with Crippen LogP contribution in [0.1, 0.15) is 18.4 Å². The van der Waals surface area contributed by atoms with E-state index in [1.165, 1.54) is 6.92 Å². The average Bonchev–Trinajstić information content (AvgIpc) is 2.83. The Kier molecular flexibility index (Phi) is 7.10. The molecule has 0 amide bonds. The molecule has 8 heteroatoms. The van der Waals surface area contributed by atoms with Gasteiger partial charge in [0.15, 0.2) is 5.82 Å². The zero-order valence-electron chi connectivity index (χ0n) is 12.6. The third-order valence-corrected chi connectivity index (χ3v) is 3.64. The molecule has 0 radical (unpaired) electrons. The highest BCUT2D eigenvalue weighted by Crippen LogP contribution is 2.15. The molecule has 0 aliphatic heterocycles. The van der Waals surface area contributed by atoms with Crippen LogP contribution in [0.3, 0.4) is 0 Å². The summed E-state index contributed by atoms with van der Waals surface area (Å²) < 4.78 is 5.69. The summed E-state index contributed by atoms with van der Waals surface area (Å²) in [6, 6.07) is 3.96. The van der Waals surface area contributed by atoms with Gasteiger partial charge < -0.3 is 20.4 Å². The summed E-state index contributed by atoms with van der Waals surface area (Å²) in [5.41, 5.74) is 5.50. The lowest BCUT2D eigenvalue weighted by Gasteiger charge is -2.06. The number of hydrogen-bond acceptors (Lipinski definition) is 7. The van der Waals surface area contributed by atoms with Crippen molar-refractivity contribution in [1.29, 1.82) is 0 Å². The number of furan rings is 1. The van der Waals surface area contributed by atoms with Gasteiger partial charge in [-0.2, -0.15) is 11.8 Å². The Hall–Kier alpha value is -1.67. The van der Waals surface area contributed by atoms with Crippen molar-refractivity contribution in [3.05, 3.63) is 45.3 Å². The average molecular weight is 314 g/mol. The van der Waals surface area contributed by atoms with Crippen LogP contribution in [-0.2, 0) is 12.3 Å². The number of nitrogens with zero attached hydrogens (tertiary/aromatic N) is 2. The van der Waals surface area contributed by atoms with E-state index in [-0.39, 0.29) is 11.5 Å². The van der Waals surface area contributed by atoms with Crippen LogP contribution in [0, 0.1) is 10.1 Å². The minimum Gasteiger partial charge on any atom is -0.464 e. The molecule has 1 aromatic heterocycles. The van der Waals surface area contributed by atoms with E-state index in [0.29, 0.717) is 6.54 Å². The van der Waals surface area contributed by atoms with E-state index in [2.05, 4.69) is 5.32 Å². The first-order chi connectivity index (χ1) is 9.90. The maximum Gasteiger partial charge on any atom is 0.282 e. The number of nitrogens with one attached hydrogen (secondary N) is 1. The Bertz CT molecular complexity index is 499. The molecular formula is C13H22N4O3S. The predicted molar refractivity (Wildman–Crippen MR) is 84.1 cm³/mol. The lowest BCUT2D eigenvalue weighted by molar-refractivity contribution is -0.426. The molecule has 0 aromatic carbocycles. The molecule has 1 aromatic rings. The largest absolute Gasteiger partial charge is 0.464 e. The summed E-state index contributed by atoms with van der Waals surface area (Å²) in [6.07, 6.45) is 0. The van der Waals surface area contributed by atoms with Crippen molar-refractivity contribution in [3.63, 3.8) is 0 Å². The molecule has 118 valence electrons. The highest BCUT2D eigenvalue weighted by molar-refractivity contribution is 7.98. The van der Waals surface area contributed by atoms with Crippen molar-refractivity contribution in [1.82, 2.24) is 10.2 Å². The van der Waals surface area contributed by atoms with Gasteiger partial charge in [0.1, 0.15) is 11.5 Å². The maximum absolute atomic E-state index is 10.5. The SMILES string of the molecule is CC(=C(N)NCCSCc1ccc(CN(C)C)o1)[N+](=O)[O-]. The third kappa shape index (κ3) is 6.54. The van der Waals surface area contributed by atoms with Gasteiger partial charge in [-0.05, 0) is 26.2 Å². The van der Waals surface area contributed by atoms with Gasteiger partial charge in [0.2, 0.25) is 0 Å². The second kappa shape index (κ2) is 8.58. The first-order valence-electron chi connectivity index (χ1n) is 6.55. The molecule has 0 saturated heterocycles. The van der Waals surface area contributed by atoms with Crippen molar-refractivity contribution in [2.75, 3.05) is 26.4 Å². The van der Waals surface area contributed by atoms with Gasteiger partial charge in [-0.1, -0.05) is 0 Å². The van der Waals surface area contributed by atoms with Crippen LogP contribution in [0.15, 0.2) is 28.1 Å². The smallest absolute Gasteiger partial charge is 0.282 e. The summed E-state index contributed by atoms with van der Waals surface area (Å²) in [7, 11) is 3.99. The van der Waals surface area contributed by atoms with Crippen LogP contribution in [-0.4, -0.2) is 36.2 Å². The summed E-state index contributed by atoms with van der Waals surface area (Å²) >= 11 is 1.68. The Balaban J connectivity index is 2.24. The molecule has 0 spiro atoms. The summed E-state index contributed by atoms with van der Waals surface area (Å²) in [4.78, 5) is 12.1. The van der Waals surface area contributed by atoms with E-state index >= 15 is 0 Å². The highest BCUT2D eigenvalue weighted by atomic mass is 32.2. The summed E-state index contributed by atoms with van der Waals surface area (Å²) in [5, 5.41) is 13.3. The predicted octanol–water partition coefficient (Wildman–Crippen LogP) is 1.59. The highest BCUT2D eigenvalue weighted by Gasteiger charge is 2.08. The number of nitrogens with two attached hydrogens (primary N) is 1. The van der Waals surface area contributed by atoms with Gasteiger partial charge in [-0.25, -0.2) is 0 Å². The molecule has 21 heavy (non-hydrogen) atoms. The van der Waals surface area contributed by atoms with E-state index in [1.807, 2.05) is 31.1 Å². The molecule has 0 atom stereocenters. The molecule has 1 rings (SSSR count). The maximum atomic E-state index is 10.5. The summed E-state index contributed by atoms with van der Waals surface area (Å²) in [5.74, 6) is 3.55. The number of thioether (sulfide) groups is 1. The minimum absolute atomic E-state index is 0.0561. The van der Waals surface area contributed by atoms with Crippen LogP contribution < -0.4 is 11.1 Å². The number of allylic oxidation sites excluding steroid dienone is 1. The van der Waals surface area contributed by atoms with Crippen molar-refractivity contribution in [2.24, 2.45) is 5.73 Å². The first-order valence-corrected chi connectivity index (χ1v) is 7.70. The van der Waals surface area contributed by atoms with Gasteiger partial charge in [-0.3, -0.25) is 10.1 Å². The van der Waals surface area contributed by atoms with E-state index in [0.717, 1.165) is 29.6 Å². The molecule has 0 saturated carbocycles. The van der Waals surface area contributed by atoms with Crippen molar-refractivity contribution in [3.8, 4) is 0 Å². The fourth-order valence-corrected chi connectivity index (χ4v) is 2.30. The molecule has 0 bridgehead atoms. The fraction of sp³-hybridized carbons (Fsp3) is 0.538. The molecule has 0 unspecified atom stereocenters. The Morgan fingerprint density at radius 3 is 2.76 bits per heavy atom. The minimum atomic E-state index is -0.495. The van der Waals surface area contributed by atoms with E-state index in [1.54, 1.807) is 11.8 Å². The number of rotatable bonds is 9. The van der Waals surface area contributed by atoms with Crippen molar-refractivity contribution in [2.45, 2.75) is 19.2 Å². The molecule has 3 N–H and O–H groups in total. The second-order valence-electron chi connectivity index (χ2n) is 4.84. The zero-order chi connectivity index (χ0) is 15.8. The zero-order valence-corrected chi connectivity index (χ0v) is 13.4. The fourth-order valence-electron chi connectivity index (χ4n) is 1.55. The molecule has 0 fully saturated rings. The second-order valence-corrected chi connectivity index (χ2v) is 5.95. The van der Waals surface area contributed by atoms with E-state index < -0.39 is 4.92 Å². The summed E-state index contributed by atoms with van der Waals surface area (Å²) in [6.45, 7) is 2.74. The Morgan fingerprint density at radius 2 is 2.14 bits per heavy atom. The number of hydrogen-bond donors (Lipinski definition) is 2. The molecular weight excluding hydrogens is 292 g/mol. The van der Waals surface area contributed by atoms with Gasteiger partial charge in [0, 0.05) is 19.2 Å². The Labute approximate surface area is 128 Å². The topological polar surface area (TPSA) is 97.6 Å². The standard InChI is InChI=1S/C13H22N4O3S/c1-10(17(18)19)13(14)15-6-7-21-9-12-5-4-11(20-12)8-16(2)3/h4-5,15H,6-9,14H2,1-3H3. The van der Waals surface area contributed by atoms with Crippen LogP contribution >= 0.6 is 11.8 Å². The third-order valence-electron chi connectivity index (χ3n) is 2.66. The van der Waals surface area contributed by atoms with Crippen molar-refractivity contribution >= 4 is 11.8 Å². The van der Waals surface area contributed by atoms with Gasteiger partial charge in [0.05, 0.1) is 17.2 Å².